The van der Waals surface area contributed by atoms with E-state index < -0.39 is 5.60 Å². The third-order valence-corrected chi connectivity index (χ3v) is 4.31. The van der Waals surface area contributed by atoms with Crippen LogP contribution < -0.4 is 0 Å². The summed E-state index contributed by atoms with van der Waals surface area (Å²) in [4.78, 5) is 12.5. The standard InChI is InChI=1S/C15H20Cl2O2/c1-4-15(5-2,19-6-3)13(18)10-11-8-7-9-12(16)14(11)17/h7-9H,4-6,10H2,1-3H3. The highest BCUT2D eigenvalue weighted by Gasteiger charge is 2.35. The van der Waals surface area contributed by atoms with Crippen molar-refractivity contribution in [2.45, 2.75) is 45.6 Å². The van der Waals surface area contributed by atoms with Crippen LogP contribution in [0.25, 0.3) is 0 Å². The first-order valence-corrected chi connectivity index (χ1v) is 7.36. The van der Waals surface area contributed by atoms with Gasteiger partial charge in [-0.15, -0.1) is 0 Å². The van der Waals surface area contributed by atoms with Gasteiger partial charge < -0.3 is 4.74 Å². The van der Waals surface area contributed by atoms with E-state index in [0.29, 0.717) is 29.5 Å². The lowest BCUT2D eigenvalue weighted by molar-refractivity contribution is -0.144. The Hall–Kier alpha value is -0.570. The average Bonchev–Trinajstić information content (AvgIpc) is 2.41. The second-order valence-corrected chi connectivity index (χ2v) is 5.23. The fourth-order valence-electron chi connectivity index (χ4n) is 2.22. The molecular weight excluding hydrogens is 283 g/mol. The van der Waals surface area contributed by atoms with Gasteiger partial charge in [0.05, 0.1) is 10.0 Å². The van der Waals surface area contributed by atoms with Crippen LogP contribution in [0.3, 0.4) is 0 Å². The Morgan fingerprint density at radius 2 is 1.84 bits per heavy atom. The van der Waals surface area contributed by atoms with E-state index in [1.54, 1.807) is 12.1 Å². The molecule has 0 N–H and O–H groups in total. The lowest BCUT2D eigenvalue weighted by Crippen LogP contribution is -2.41. The highest BCUT2D eigenvalue weighted by molar-refractivity contribution is 6.42. The minimum absolute atomic E-state index is 0.0588. The van der Waals surface area contributed by atoms with Crippen LogP contribution in [0, 0.1) is 0 Å². The molecule has 2 nitrogen and oxygen atoms in total. The molecule has 19 heavy (non-hydrogen) atoms. The summed E-state index contributed by atoms with van der Waals surface area (Å²) in [5.41, 5.74) is 0.0468. The minimum Gasteiger partial charge on any atom is -0.368 e. The molecule has 0 amide bonds. The Bertz CT molecular complexity index is 440. The van der Waals surface area contributed by atoms with E-state index in [1.807, 2.05) is 26.8 Å². The van der Waals surface area contributed by atoms with Crippen LogP contribution in [0.4, 0.5) is 0 Å². The number of carbonyl (C=O) groups is 1. The largest absolute Gasteiger partial charge is 0.368 e. The van der Waals surface area contributed by atoms with Gasteiger partial charge >= 0.3 is 0 Å². The van der Waals surface area contributed by atoms with Gasteiger partial charge in [-0.3, -0.25) is 4.79 Å². The van der Waals surface area contributed by atoms with Crippen molar-refractivity contribution in [1.82, 2.24) is 0 Å². The number of Topliss-reactive ketones (excluding diaryl/α,β-unsaturated/α-hetero) is 1. The van der Waals surface area contributed by atoms with Gasteiger partial charge in [0, 0.05) is 13.0 Å². The van der Waals surface area contributed by atoms with E-state index in [9.17, 15) is 4.79 Å². The van der Waals surface area contributed by atoms with Gasteiger partial charge in [-0.25, -0.2) is 0 Å². The maximum Gasteiger partial charge on any atom is 0.169 e. The van der Waals surface area contributed by atoms with Gasteiger partial charge in [-0.2, -0.15) is 0 Å². The molecule has 106 valence electrons. The molecule has 0 unspecified atom stereocenters. The molecule has 0 saturated carbocycles. The molecule has 0 spiro atoms. The van der Waals surface area contributed by atoms with Crippen LogP contribution in [0.5, 0.6) is 0 Å². The number of hydrogen-bond donors (Lipinski definition) is 0. The summed E-state index contributed by atoms with van der Waals surface area (Å²) in [6.07, 6.45) is 1.57. The van der Waals surface area contributed by atoms with E-state index in [-0.39, 0.29) is 12.2 Å². The fourth-order valence-corrected chi connectivity index (χ4v) is 2.61. The van der Waals surface area contributed by atoms with Crippen molar-refractivity contribution in [3.8, 4) is 0 Å². The molecule has 0 aliphatic carbocycles. The summed E-state index contributed by atoms with van der Waals surface area (Å²) >= 11 is 12.1. The zero-order chi connectivity index (χ0) is 14.5. The molecule has 0 fully saturated rings. The fraction of sp³-hybridized carbons (Fsp3) is 0.533. The third kappa shape index (κ3) is 3.71. The highest BCUT2D eigenvalue weighted by Crippen LogP contribution is 2.29. The lowest BCUT2D eigenvalue weighted by Gasteiger charge is -2.30. The van der Waals surface area contributed by atoms with E-state index in [0.717, 1.165) is 5.56 Å². The molecular formula is C15H20Cl2O2. The molecule has 0 aliphatic rings. The number of carbonyl (C=O) groups excluding carboxylic acids is 1. The number of benzene rings is 1. The van der Waals surface area contributed by atoms with Crippen molar-refractivity contribution in [2.75, 3.05) is 6.61 Å². The molecule has 0 radical (unpaired) electrons. The zero-order valence-electron chi connectivity index (χ0n) is 11.6. The number of ether oxygens (including phenoxy) is 1. The number of halogens is 2. The van der Waals surface area contributed by atoms with Crippen molar-refractivity contribution in [2.24, 2.45) is 0 Å². The summed E-state index contributed by atoms with van der Waals surface area (Å²) < 4.78 is 5.71. The van der Waals surface area contributed by atoms with Gasteiger partial charge in [0.15, 0.2) is 5.78 Å². The van der Waals surface area contributed by atoms with Gasteiger partial charge in [0.1, 0.15) is 5.60 Å². The first-order chi connectivity index (χ1) is 9.00. The van der Waals surface area contributed by atoms with Gasteiger partial charge in [0.2, 0.25) is 0 Å². The van der Waals surface area contributed by atoms with Crippen LogP contribution in [0.15, 0.2) is 18.2 Å². The predicted molar refractivity (Wildman–Crippen MR) is 80.1 cm³/mol. The SMILES string of the molecule is CCOC(CC)(CC)C(=O)Cc1cccc(Cl)c1Cl. The second kappa shape index (κ2) is 7.28. The molecule has 1 rings (SSSR count). The van der Waals surface area contributed by atoms with E-state index in [4.69, 9.17) is 27.9 Å². The molecule has 0 aromatic heterocycles. The number of rotatable bonds is 7. The van der Waals surface area contributed by atoms with Gasteiger partial charge in [0.25, 0.3) is 0 Å². The first kappa shape index (κ1) is 16.5. The zero-order valence-corrected chi connectivity index (χ0v) is 13.1. The third-order valence-electron chi connectivity index (χ3n) is 3.45. The molecule has 1 aromatic carbocycles. The molecule has 0 saturated heterocycles. The predicted octanol–water partition coefficient (Wildman–Crippen LogP) is 4.70. The maximum absolute atomic E-state index is 12.5. The lowest BCUT2D eigenvalue weighted by atomic mass is 9.88. The van der Waals surface area contributed by atoms with Crippen LogP contribution in [0.2, 0.25) is 10.0 Å². The van der Waals surface area contributed by atoms with Crippen molar-refractivity contribution in [1.29, 1.82) is 0 Å². The van der Waals surface area contributed by atoms with Crippen LogP contribution >= 0.6 is 23.2 Å². The van der Waals surface area contributed by atoms with Crippen LogP contribution in [-0.4, -0.2) is 18.0 Å². The van der Waals surface area contributed by atoms with Crippen LogP contribution in [-0.2, 0) is 16.0 Å². The summed E-state index contributed by atoms with van der Waals surface area (Å²) in [7, 11) is 0. The number of hydrogen-bond acceptors (Lipinski definition) is 2. The highest BCUT2D eigenvalue weighted by atomic mass is 35.5. The van der Waals surface area contributed by atoms with Crippen molar-refractivity contribution in [3.05, 3.63) is 33.8 Å². The van der Waals surface area contributed by atoms with E-state index >= 15 is 0 Å². The summed E-state index contributed by atoms with van der Waals surface area (Å²) in [6.45, 7) is 6.36. The molecule has 0 bridgehead atoms. The Balaban J connectivity index is 2.97. The normalized spacial score (nSPS) is 11.6. The minimum atomic E-state index is -0.708. The Kier molecular flexibility index (Phi) is 6.31. The molecule has 4 heteroatoms. The Morgan fingerprint density at radius 1 is 1.21 bits per heavy atom. The van der Waals surface area contributed by atoms with Crippen LogP contribution in [0.1, 0.15) is 39.2 Å². The van der Waals surface area contributed by atoms with Crippen molar-refractivity contribution >= 4 is 29.0 Å². The first-order valence-electron chi connectivity index (χ1n) is 6.60. The monoisotopic (exact) mass is 302 g/mol. The van der Waals surface area contributed by atoms with Crippen molar-refractivity contribution < 1.29 is 9.53 Å². The second-order valence-electron chi connectivity index (χ2n) is 4.45. The molecule has 0 atom stereocenters. The summed E-state index contributed by atoms with van der Waals surface area (Å²) in [5.74, 6) is 0.0588. The van der Waals surface area contributed by atoms with Gasteiger partial charge in [-0.1, -0.05) is 49.2 Å². The summed E-state index contributed by atoms with van der Waals surface area (Å²) in [6, 6.07) is 5.35. The number of ketones is 1. The van der Waals surface area contributed by atoms with E-state index in [2.05, 4.69) is 0 Å². The maximum atomic E-state index is 12.5. The summed E-state index contributed by atoms with van der Waals surface area (Å²) in [5, 5.41) is 0.928. The Labute approximate surface area is 125 Å². The smallest absolute Gasteiger partial charge is 0.169 e. The topological polar surface area (TPSA) is 26.3 Å². The van der Waals surface area contributed by atoms with Gasteiger partial charge in [-0.05, 0) is 31.4 Å². The Morgan fingerprint density at radius 3 is 2.37 bits per heavy atom. The quantitative estimate of drug-likeness (QED) is 0.730. The van der Waals surface area contributed by atoms with Crippen molar-refractivity contribution in [3.63, 3.8) is 0 Å². The average molecular weight is 303 g/mol. The molecule has 0 heterocycles. The molecule has 1 aromatic rings. The molecule has 0 aliphatic heterocycles. The van der Waals surface area contributed by atoms with E-state index in [1.165, 1.54) is 0 Å².